The van der Waals surface area contributed by atoms with Crippen molar-refractivity contribution in [3.8, 4) is 5.75 Å². The highest BCUT2D eigenvalue weighted by atomic mass is 32.2. The molecule has 4 heteroatoms. The van der Waals surface area contributed by atoms with Crippen molar-refractivity contribution < 1.29 is 14.2 Å². The van der Waals surface area contributed by atoms with E-state index in [0.717, 1.165) is 0 Å². The zero-order valence-corrected chi connectivity index (χ0v) is 9.03. The molecule has 0 unspecified atom stereocenters. The van der Waals surface area contributed by atoms with Crippen molar-refractivity contribution in [2.24, 2.45) is 0 Å². The minimum absolute atomic E-state index is 0.0446. The summed E-state index contributed by atoms with van der Waals surface area (Å²) in [5, 5.41) is 8.73. The number of halogens is 1. The maximum Gasteiger partial charge on any atom is 0.143 e. The molecule has 0 heterocycles. The summed E-state index contributed by atoms with van der Waals surface area (Å²) in [7, 11) is 1.51. The maximum absolute atomic E-state index is 13.7. The van der Waals surface area contributed by atoms with Crippen molar-refractivity contribution >= 4 is 11.8 Å². The van der Waals surface area contributed by atoms with E-state index < -0.39 is 0 Å². The van der Waals surface area contributed by atoms with E-state index in [1.54, 1.807) is 18.4 Å². The predicted molar refractivity (Wildman–Crippen MR) is 55.5 cm³/mol. The molecule has 1 aromatic rings. The van der Waals surface area contributed by atoms with Crippen molar-refractivity contribution in [1.29, 1.82) is 0 Å². The molecule has 0 saturated carbocycles. The number of rotatable bonds is 4. The van der Waals surface area contributed by atoms with E-state index in [2.05, 4.69) is 0 Å². The Bertz CT molecular complexity index is 315. The highest BCUT2D eigenvalue weighted by molar-refractivity contribution is 7.98. The molecule has 14 heavy (non-hydrogen) atoms. The maximum atomic E-state index is 13.7. The Kier molecular flexibility index (Phi) is 4.22. The van der Waals surface area contributed by atoms with Gasteiger partial charge in [0.15, 0.2) is 0 Å². The van der Waals surface area contributed by atoms with Crippen LogP contribution in [0, 0.1) is 5.82 Å². The normalized spacial score (nSPS) is 10.3. The van der Waals surface area contributed by atoms with Crippen LogP contribution in [0.15, 0.2) is 17.0 Å². The van der Waals surface area contributed by atoms with Crippen LogP contribution < -0.4 is 4.74 Å². The van der Waals surface area contributed by atoms with E-state index in [1.807, 2.05) is 0 Å². The van der Waals surface area contributed by atoms with Gasteiger partial charge in [0.25, 0.3) is 0 Å². The molecule has 2 nitrogen and oxygen atoms in total. The van der Waals surface area contributed by atoms with E-state index in [0.29, 0.717) is 22.6 Å². The van der Waals surface area contributed by atoms with Gasteiger partial charge in [0.05, 0.1) is 12.0 Å². The Labute approximate surface area is 87.1 Å². The van der Waals surface area contributed by atoms with Gasteiger partial charge in [0.2, 0.25) is 0 Å². The number of hydrogen-bond acceptors (Lipinski definition) is 3. The summed E-state index contributed by atoms with van der Waals surface area (Å²) in [5.41, 5.74) is 0.526. The zero-order valence-electron chi connectivity index (χ0n) is 8.21. The largest absolute Gasteiger partial charge is 0.495 e. The second-order valence-electron chi connectivity index (χ2n) is 2.75. The predicted octanol–water partition coefficient (Wildman–Crippen LogP) is 2.09. The molecule has 1 N–H and O–H groups in total. The number of methoxy groups -OCH3 is 1. The van der Waals surface area contributed by atoms with Gasteiger partial charge >= 0.3 is 0 Å². The molecule has 0 aliphatic carbocycles. The Morgan fingerprint density at radius 3 is 2.71 bits per heavy atom. The first-order valence-electron chi connectivity index (χ1n) is 4.24. The quantitative estimate of drug-likeness (QED) is 0.781. The van der Waals surface area contributed by atoms with Crippen molar-refractivity contribution in [3.05, 3.63) is 23.5 Å². The standard InChI is InChI=1S/C10H13FO2S/c1-13-8-4-3-7(5-6-12)9(11)10(8)14-2/h3-4,12H,5-6H2,1-2H3. The minimum atomic E-state index is -0.286. The van der Waals surface area contributed by atoms with Crippen LogP contribution in [-0.4, -0.2) is 25.1 Å². The average molecular weight is 216 g/mol. The molecule has 1 aromatic carbocycles. The third-order valence-corrected chi connectivity index (χ3v) is 2.73. The third-order valence-electron chi connectivity index (χ3n) is 1.95. The van der Waals surface area contributed by atoms with Crippen molar-refractivity contribution in [2.45, 2.75) is 11.3 Å². The van der Waals surface area contributed by atoms with Gasteiger partial charge in [-0.15, -0.1) is 11.8 Å². The Morgan fingerprint density at radius 2 is 2.21 bits per heavy atom. The van der Waals surface area contributed by atoms with Crippen molar-refractivity contribution in [2.75, 3.05) is 20.0 Å². The van der Waals surface area contributed by atoms with Crippen molar-refractivity contribution in [1.82, 2.24) is 0 Å². The molecule has 0 spiro atoms. The highest BCUT2D eigenvalue weighted by Gasteiger charge is 2.12. The second-order valence-corrected chi connectivity index (χ2v) is 3.56. The second kappa shape index (κ2) is 5.22. The van der Waals surface area contributed by atoms with Crippen LogP contribution in [0.25, 0.3) is 0 Å². The lowest BCUT2D eigenvalue weighted by atomic mass is 10.1. The number of hydrogen-bond donors (Lipinski definition) is 1. The summed E-state index contributed by atoms with van der Waals surface area (Å²) < 4.78 is 18.7. The van der Waals surface area contributed by atoms with E-state index >= 15 is 0 Å². The van der Waals surface area contributed by atoms with Gasteiger partial charge in [-0.1, -0.05) is 6.07 Å². The first-order valence-corrected chi connectivity index (χ1v) is 5.47. The Balaban J connectivity index is 3.13. The van der Waals surface area contributed by atoms with E-state index in [9.17, 15) is 4.39 Å². The Hall–Kier alpha value is -0.740. The number of benzene rings is 1. The van der Waals surface area contributed by atoms with Gasteiger partial charge < -0.3 is 9.84 Å². The smallest absolute Gasteiger partial charge is 0.143 e. The summed E-state index contributed by atoms with van der Waals surface area (Å²) in [6.07, 6.45) is 2.13. The molecule has 0 aliphatic heterocycles. The van der Waals surface area contributed by atoms with Gasteiger partial charge in [-0.3, -0.25) is 0 Å². The molecule has 0 atom stereocenters. The molecular weight excluding hydrogens is 203 g/mol. The van der Waals surface area contributed by atoms with Crippen molar-refractivity contribution in [3.63, 3.8) is 0 Å². The summed E-state index contributed by atoms with van der Waals surface area (Å²) in [6.45, 7) is -0.0446. The van der Waals surface area contributed by atoms with E-state index in [-0.39, 0.29) is 12.4 Å². The lowest BCUT2D eigenvalue weighted by molar-refractivity contribution is 0.297. The first-order chi connectivity index (χ1) is 6.74. The number of aliphatic hydroxyl groups excluding tert-OH is 1. The molecule has 0 fully saturated rings. The molecule has 78 valence electrons. The summed E-state index contributed by atoms with van der Waals surface area (Å²) in [5.74, 6) is 0.252. The van der Waals surface area contributed by atoms with Gasteiger partial charge in [0, 0.05) is 6.61 Å². The lowest BCUT2D eigenvalue weighted by Gasteiger charge is -2.10. The summed E-state index contributed by atoms with van der Waals surface area (Å²) in [4.78, 5) is 0.499. The van der Waals surface area contributed by atoms with Crippen LogP contribution in [-0.2, 0) is 6.42 Å². The fourth-order valence-corrected chi connectivity index (χ4v) is 1.91. The highest BCUT2D eigenvalue weighted by Crippen LogP contribution is 2.32. The fraction of sp³-hybridized carbons (Fsp3) is 0.400. The van der Waals surface area contributed by atoms with Crippen LogP contribution in [0.4, 0.5) is 4.39 Å². The van der Waals surface area contributed by atoms with E-state index in [4.69, 9.17) is 9.84 Å². The molecule has 0 bridgehead atoms. The molecular formula is C10H13FO2S. The molecule has 0 aromatic heterocycles. The summed E-state index contributed by atoms with van der Waals surface area (Å²) >= 11 is 1.31. The number of ether oxygens (including phenoxy) is 1. The number of aliphatic hydroxyl groups is 1. The van der Waals surface area contributed by atoms with Crippen LogP contribution >= 0.6 is 11.8 Å². The SMILES string of the molecule is COc1ccc(CCO)c(F)c1SC. The third kappa shape index (κ3) is 2.19. The topological polar surface area (TPSA) is 29.5 Å². The molecule has 0 radical (unpaired) electrons. The first kappa shape index (κ1) is 11.3. The van der Waals surface area contributed by atoms with Gasteiger partial charge in [-0.05, 0) is 24.3 Å². The van der Waals surface area contributed by atoms with Crippen LogP contribution in [0.2, 0.25) is 0 Å². The zero-order chi connectivity index (χ0) is 10.6. The summed E-state index contributed by atoms with van der Waals surface area (Å²) in [6, 6.07) is 3.37. The van der Waals surface area contributed by atoms with Crippen LogP contribution in [0.1, 0.15) is 5.56 Å². The molecule has 1 rings (SSSR count). The van der Waals surface area contributed by atoms with Gasteiger partial charge in [-0.25, -0.2) is 4.39 Å². The average Bonchev–Trinajstić information content (AvgIpc) is 2.21. The molecule has 0 amide bonds. The van der Waals surface area contributed by atoms with Crippen LogP contribution in [0.5, 0.6) is 5.75 Å². The van der Waals surface area contributed by atoms with Gasteiger partial charge in [-0.2, -0.15) is 0 Å². The Morgan fingerprint density at radius 1 is 1.50 bits per heavy atom. The van der Waals surface area contributed by atoms with Gasteiger partial charge in [0.1, 0.15) is 11.6 Å². The minimum Gasteiger partial charge on any atom is -0.495 e. The molecule has 0 saturated heterocycles. The fourth-order valence-electron chi connectivity index (χ4n) is 1.24. The number of thioether (sulfide) groups is 1. The monoisotopic (exact) mass is 216 g/mol. The van der Waals surface area contributed by atoms with E-state index in [1.165, 1.54) is 18.9 Å². The molecule has 0 aliphatic rings. The lowest BCUT2D eigenvalue weighted by Crippen LogP contribution is -1.98. The van der Waals surface area contributed by atoms with Crippen LogP contribution in [0.3, 0.4) is 0 Å².